The Morgan fingerprint density at radius 2 is 2.10 bits per heavy atom. The van der Waals surface area contributed by atoms with Crippen molar-refractivity contribution in [2.75, 3.05) is 18.1 Å². The van der Waals surface area contributed by atoms with Crippen LogP contribution in [-0.2, 0) is 9.84 Å². The number of aromatic carboxylic acids is 1. The Kier molecular flexibility index (Phi) is 3.76. The van der Waals surface area contributed by atoms with Gasteiger partial charge in [0.2, 0.25) is 0 Å². The number of carbonyl (C=O) groups excluding carboxylic acids is 1. The highest BCUT2D eigenvalue weighted by molar-refractivity contribution is 7.91. The number of hydrogen-bond donors (Lipinski definition) is 1. The van der Waals surface area contributed by atoms with Gasteiger partial charge in [-0.3, -0.25) is 9.78 Å². The fourth-order valence-corrected chi connectivity index (χ4v) is 3.65. The second-order valence-corrected chi connectivity index (χ2v) is 6.93. The Labute approximate surface area is 116 Å². The molecule has 1 aromatic heterocycles. The van der Waals surface area contributed by atoms with Gasteiger partial charge in [-0.15, -0.1) is 0 Å². The lowest BCUT2D eigenvalue weighted by Crippen LogP contribution is -2.49. The average Bonchev–Trinajstić information content (AvgIpc) is 2.37. The summed E-state index contributed by atoms with van der Waals surface area (Å²) in [5.74, 6) is -1.62. The van der Waals surface area contributed by atoms with Crippen molar-refractivity contribution < 1.29 is 23.1 Å². The van der Waals surface area contributed by atoms with Gasteiger partial charge >= 0.3 is 5.97 Å². The molecule has 1 aliphatic rings. The number of nitrogens with zero attached hydrogens (tertiary/aromatic N) is 2. The predicted molar refractivity (Wildman–Crippen MR) is 70.3 cm³/mol. The summed E-state index contributed by atoms with van der Waals surface area (Å²) in [6.07, 6.45) is 1.11. The van der Waals surface area contributed by atoms with Gasteiger partial charge in [0.1, 0.15) is 5.69 Å². The van der Waals surface area contributed by atoms with Crippen LogP contribution in [-0.4, -0.2) is 59.4 Å². The molecule has 1 saturated heterocycles. The summed E-state index contributed by atoms with van der Waals surface area (Å²) in [6, 6.07) is 2.22. The van der Waals surface area contributed by atoms with Crippen molar-refractivity contribution in [1.29, 1.82) is 0 Å². The molecule has 0 radical (unpaired) electrons. The zero-order valence-corrected chi connectivity index (χ0v) is 11.6. The summed E-state index contributed by atoms with van der Waals surface area (Å²) >= 11 is 0. The van der Waals surface area contributed by atoms with Crippen molar-refractivity contribution in [3.63, 3.8) is 0 Å². The van der Waals surface area contributed by atoms with E-state index in [0.717, 1.165) is 6.20 Å². The first-order valence-corrected chi connectivity index (χ1v) is 7.83. The smallest absolute Gasteiger partial charge is 0.337 e. The maximum absolute atomic E-state index is 12.2. The Morgan fingerprint density at radius 1 is 1.40 bits per heavy atom. The Bertz CT molecular complexity index is 638. The van der Waals surface area contributed by atoms with Crippen LogP contribution in [0.2, 0.25) is 0 Å². The molecule has 0 aromatic carbocycles. The minimum absolute atomic E-state index is 0.00387. The van der Waals surface area contributed by atoms with Crippen LogP contribution in [0.4, 0.5) is 0 Å². The molecule has 7 nitrogen and oxygen atoms in total. The zero-order chi connectivity index (χ0) is 14.9. The summed E-state index contributed by atoms with van der Waals surface area (Å²) in [5.41, 5.74) is 0.108. The molecule has 0 saturated carbocycles. The van der Waals surface area contributed by atoms with Crippen LogP contribution in [0.3, 0.4) is 0 Å². The number of carboxylic acids is 1. The van der Waals surface area contributed by atoms with Gasteiger partial charge in [0, 0.05) is 18.8 Å². The summed E-state index contributed by atoms with van der Waals surface area (Å²) < 4.78 is 22.9. The number of pyridine rings is 1. The van der Waals surface area contributed by atoms with E-state index < -0.39 is 21.8 Å². The van der Waals surface area contributed by atoms with Gasteiger partial charge in [-0.05, 0) is 19.1 Å². The molecule has 1 amide bonds. The molecule has 8 heteroatoms. The number of carbonyl (C=O) groups is 2. The van der Waals surface area contributed by atoms with E-state index in [1.165, 1.54) is 17.0 Å². The third-order valence-corrected chi connectivity index (χ3v) is 4.96. The van der Waals surface area contributed by atoms with Crippen molar-refractivity contribution in [3.05, 3.63) is 29.6 Å². The Hall–Kier alpha value is -1.96. The monoisotopic (exact) mass is 298 g/mol. The fraction of sp³-hybridized carbons (Fsp3) is 0.417. The van der Waals surface area contributed by atoms with E-state index in [0.29, 0.717) is 0 Å². The number of amides is 1. The lowest BCUT2D eigenvalue weighted by atomic mass is 10.2. The molecule has 2 heterocycles. The van der Waals surface area contributed by atoms with Gasteiger partial charge in [0.05, 0.1) is 17.1 Å². The van der Waals surface area contributed by atoms with E-state index >= 15 is 0 Å². The molecule has 2 rings (SSSR count). The highest BCUT2D eigenvalue weighted by atomic mass is 32.2. The quantitative estimate of drug-likeness (QED) is 0.826. The van der Waals surface area contributed by atoms with Crippen molar-refractivity contribution in [1.82, 2.24) is 9.88 Å². The van der Waals surface area contributed by atoms with E-state index in [-0.39, 0.29) is 35.2 Å². The first-order chi connectivity index (χ1) is 9.30. The molecule has 0 bridgehead atoms. The second-order valence-electron chi connectivity index (χ2n) is 4.70. The van der Waals surface area contributed by atoms with Gasteiger partial charge in [0.15, 0.2) is 9.84 Å². The first kappa shape index (κ1) is 14.4. The van der Waals surface area contributed by atoms with Crippen LogP contribution in [0, 0.1) is 0 Å². The van der Waals surface area contributed by atoms with Gasteiger partial charge in [-0.1, -0.05) is 0 Å². The lowest BCUT2D eigenvalue weighted by molar-refractivity contribution is 0.0684. The van der Waals surface area contributed by atoms with Crippen LogP contribution in [0.25, 0.3) is 0 Å². The fourth-order valence-electron chi connectivity index (χ4n) is 2.09. The summed E-state index contributed by atoms with van der Waals surface area (Å²) in [4.78, 5) is 28.2. The van der Waals surface area contributed by atoms with Gasteiger partial charge in [-0.2, -0.15) is 0 Å². The number of carboxylic acid groups (broad SMARTS) is 1. The van der Waals surface area contributed by atoms with Crippen molar-refractivity contribution in [2.24, 2.45) is 0 Å². The first-order valence-electron chi connectivity index (χ1n) is 6.01. The molecule has 1 aromatic rings. The molecule has 1 aliphatic heterocycles. The third kappa shape index (κ3) is 2.96. The van der Waals surface area contributed by atoms with Crippen molar-refractivity contribution in [3.8, 4) is 0 Å². The standard InChI is InChI=1S/C12H14N2O5S/c1-8-7-20(18,19)5-4-14(8)11(15)10-3-2-9(6-13-10)12(16)17/h2-3,6,8H,4-5,7H2,1H3,(H,16,17). The van der Waals surface area contributed by atoms with Crippen LogP contribution >= 0.6 is 0 Å². The van der Waals surface area contributed by atoms with E-state index in [9.17, 15) is 18.0 Å². The van der Waals surface area contributed by atoms with E-state index in [2.05, 4.69) is 4.98 Å². The van der Waals surface area contributed by atoms with E-state index in [1.807, 2.05) is 0 Å². The van der Waals surface area contributed by atoms with Crippen molar-refractivity contribution in [2.45, 2.75) is 13.0 Å². The minimum Gasteiger partial charge on any atom is -0.478 e. The van der Waals surface area contributed by atoms with Gasteiger partial charge in [0.25, 0.3) is 5.91 Å². The molecular formula is C12H14N2O5S. The Balaban J connectivity index is 2.17. The number of hydrogen-bond acceptors (Lipinski definition) is 5. The molecule has 1 fully saturated rings. The van der Waals surface area contributed by atoms with Crippen LogP contribution in [0.5, 0.6) is 0 Å². The summed E-state index contributed by atoms with van der Waals surface area (Å²) in [7, 11) is -3.09. The molecule has 1 atom stereocenters. The highest BCUT2D eigenvalue weighted by Gasteiger charge is 2.32. The molecular weight excluding hydrogens is 284 g/mol. The topological polar surface area (TPSA) is 105 Å². The van der Waals surface area contributed by atoms with E-state index in [1.54, 1.807) is 6.92 Å². The van der Waals surface area contributed by atoms with Crippen LogP contribution in [0.15, 0.2) is 18.3 Å². The third-order valence-electron chi connectivity index (χ3n) is 3.16. The number of rotatable bonds is 2. The van der Waals surface area contributed by atoms with Crippen LogP contribution in [0.1, 0.15) is 27.8 Å². The molecule has 108 valence electrons. The van der Waals surface area contributed by atoms with E-state index in [4.69, 9.17) is 5.11 Å². The average molecular weight is 298 g/mol. The molecule has 0 aliphatic carbocycles. The SMILES string of the molecule is CC1CS(=O)(=O)CCN1C(=O)c1ccc(C(=O)O)cn1. The molecule has 0 spiro atoms. The minimum atomic E-state index is -3.09. The summed E-state index contributed by atoms with van der Waals surface area (Å²) in [5, 5.41) is 8.76. The Morgan fingerprint density at radius 3 is 2.60 bits per heavy atom. The molecule has 1 N–H and O–H groups in total. The van der Waals surface area contributed by atoms with Gasteiger partial charge in [-0.25, -0.2) is 13.2 Å². The zero-order valence-electron chi connectivity index (χ0n) is 10.8. The number of aromatic nitrogens is 1. The van der Waals surface area contributed by atoms with Crippen molar-refractivity contribution >= 4 is 21.7 Å². The molecule has 1 unspecified atom stereocenters. The largest absolute Gasteiger partial charge is 0.478 e. The second kappa shape index (κ2) is 5.20. The lowest BCUT2D eigenvalue weighted by Gasteiger charge is -2.32. The highest BCUT2D eigenvalue weighted by Crippen LogP contribution is 2.14. The normalized spacial score (nSPS) is 21.4. The maximum Gasteiger partial charge on any atom is 0.337 e. The van der Waals surface area contributed by atoms with Crippen LogP contribution < -0.4 is 0 Å². The predicted octanol–water partition coefficient (Wildman–Crippen LogP) is 0.0389. The maximum atomic E-state index is 12.2. The summed E-state index contributed by atoms with van der Waals surface area (Å²) in [6.45, 7) is 1.80. The number of sulfone groups is 1. The molecule has 20 heavy (non-hydrogen) atoms. The van der Waals surface area contributed by atoms with Gasteiger partial charge < -0.3 is 10.0 Å².